The molecule has 21 heavy (non-hydrogen) atoms. The number of halogens is 1. The van der Waals surface area contributed by atoms with E-state index in [4.69, 9.17) is 28.6 Å². The second-order valence-electron chi connectivity index (χ2n) is 4.77. The fraction of sp³-hybridized carbons (Fsp3) is 0.188. The van der Waals surface area contributed by atoms with Crippen molar-refractivity contribution >= 4 is 34.9 Å². The van der Waals surface area contributed by atoms with Gasteiger partial charge in [0.1, 0.15) is 0 Å². The van der Waals surface area contributed by atoms with E-state index in [9.17, 15) is 0 Å². The third-order valence-corrected chi connectivity index (χ3v) is 4.08. The number of para-hydroxylation sites is 2. The molecule has 0 fully saturated rings. The molecule has 0 radical (unpaired) electrons. The number of imidazole rings is 1. The lowest BCUT2D eigenvalue weighted by Gasteiger charge is -2.11. The van der Waals surface area contributed by atoms with Gasteiger partial charge >= 0.3 is 0 Å². The molecule has 0 unspecified atom stereocenters. The van der Waals surface area contributed by atoms with Crippen LogP contribution in [0.2, 0.25) is 5.02 Å². The highest BCUT2D eigenvalue weighted by Gasteiger charge is 2.11. The number of hydrogen-bond acceptors (Lipinski definition) is 2. The average molecular weight is 319 g/mol. The van der Waals surface area contributed by atoms with Crippen molar-refractivity contribution in [1.82, 2.24) is 9.55 Å². The molecule has 0 amide bonds. The van der Waals surface area contributed by atoms with Gasteiger partial charge in [0.2, 0.25) is 0 Å². The van der Waals surface area contributed by atoms with Crippen LogP contribution in [0.25, 0.3) is 16.7 Å². The molecule has 3 aromatic rings. The monoisotopic (exact) mass is 318 g/mol. The quantitative estimate of drug-likeness (QED) is 0.716. The normalized spacial score (nSPS) is 11.1. The summed E-state index contributed by atoms with van der Waals surface area (Å²) in [5.41, 5.74) is 4.10. The van der Waals surface area contributed by atoms with Gasteiger partial charge in [-0.05, 0) is 42.4 Å². The summed E-state index contributed by atoms with van der Waals surface area (Å²) in [6, 6.07) is 14.0. The lowest BCUT2D eigenvalue weighted by molar-refractivity contribution is 0.202. The van der Waals surface area contributed by atoms with Crippen LogP contribution in [0.5, 0.6) is 0 Å². The first-order valence-electron chi connectivity index (χ1n) is 6.69. The van der Waals surface area contributed by atoms with Crippen LogP contribution < -0.4 is 0 Å². The second kappa shape index (κ2) is 6.02. The number of H-pyrrole nitrogens is 1. The molecule has 1 aromatic heterocycles. The minimum absolute atomic E-state index is 0.642. The van der Waals surface area contributed by atoms with Crippen LogP contribution in [0.15, 0.2) is 42.5 Å². The van der Waals surface area contributed by atoms with E-state index < -0.39 is 0 Å². The largest absolute Gasteiger partial charge is 0.384 e. The summed E-state index contributed by atoms with van der Waals surface area (Å²) in [4.78, 5) is 3.19. The van der Waals surface area contributed by atoms with E-state index >= 15 is 0 Å². The van der Waals surface area contributed by atoms with Crippen LogP contribution in [0.3, 0.4) is 0 Å². The molecule has 1 N–H and O–H groups in total. The number of rotatable bonds is 4. The molecule has 2 aromatic carbocycles. The van der Waals surface area contributed by atoms with Crippen molar-refractivity contribution in [3.63, 3.8) is 0 Å². The van der Waals surface area contributed by atoms with Crippen molar-refractivity contribution in [3.05, 3.63) is 57.8 Å². The van der Waals surface area contributed by atoms with E-state index in [1.807, 2.05) is 34.9 Å². The van der Waals surface area contributed by atoms with Crippen molar-refractivity contribution in [2.45, 2.75) is 6.42 Å². The molecule has 0 bridgehead atoms. The van der Waals surface area contributed by atoms with E-state index in [1.165, 1.54) is 5.56 Å². The number of aromatic amines is 1. The first kappa shape index (κ1) is 14.3. The van der Waals surface area contributed by atoms with Gasteiger partial charge in [-0.2, -0.15) is 0 Å². The molecule has 3 nitrogen and oxygen atoms in total. The summed E-state index contributed by atoms with van der Waals surface area (Å²) in [6.45, 7) is 0.674. The lowest BCUT2D eigenvalue weighted by Crippen LogP contribution is -2.02. The highest BCUT2D eigenvalue weighted by Crippen LogP contribution is 2.27. The SMILES string of the molecule is COCCc1ccccc1-n1c(=S)[nH]c2c(Cl)cccc21. The maximum absolute atomic E-state index is 6.24. The topological polar surface area (TPSA) is 29.9 Å². The minimum Gasteiger partial charge on any atom is -0.384 e. The highest BCUT2D eigenvalue weighted by molar-refractivity contribution is 7.71. The Labute approximate surface area is 133 Å². The number of fused-ring (bicyclic) bond motifs is 1. The predicted octanol–water partition coefficient (Wildman–Crippen LogP) is 4.53. The van der Waals surface area contributed by atoms with Crippen molar-refractivity contribution in [2.75, 3.05) is 13.7 Å². The summed E-state index contributed by atoms with van der Waals surface area (Å²) >= 11 is 11.7. The first-order valence-corrected chi connectivity index (χ1v) is 7.47. The minimum atomic E-state index is 0.642. The molecule has 0 saturated heterocycles. The molecule has 0 spiro atoms. The van der Waals surface area contributed by atoms with E-state index in [0.29, 0.717) is 16.4 Å². The van der Waals surface area contributed by atoms with Gasteiger partial charge in [0.25, 0.3) is 0 Å². The molecule has 3 rings (SSSR count). The maximum atomic E-state index is 6.24. The zero-order valence-electron chi connectivity index (χ0n) is 11.6. The van der Waals surface area contributed by atoms with Crippen LogP contribution in [0.4, 0.5) is 0 Å². The molecule has 0 aliphatic rings. The Kier molecular flexibility index (Phi) is 4.10. The zero-order valence-corrected chi connectivity index (χ0v) is 13.2. The number of methoxy groups -OCH3 is 1. The van der Waals surface area contributed by atoms with E-state index in [-0.39, 0.29) is 0 Å². The van der Waals surface area contributed by atoms with E-state index in [2.05, 4.69) is 17.1 Å². The molecule has 0 aliphatic heterocycles. The fourth-order valence-corrected chi connectivity index (χ4v) is 3.00. The summed E-state index contributed by atoms with van der Waals surface area (Å²) < 4.78 is 7.86. The van der Waals surface area contributed by atoms with Gasteiger partial charge in [-0.1, -0.05) is 35.9 Å². The van der Waals surface area contributed by atoms with E-state index in [0.717, 1.165) is 23.1 Å². The van der Waals surface area contributed by atoms with Crippen molar-refractivity contribution in [3.8, 4) is 5.69 Å². The van der Waals surface area contributed by atoms with Crippen LogP contribution >= 0.6 is 23.8 Å². The Morgan fingerprint density at radius 2 is 2.00 bits per heavy atom. The van der Waals surface area contributed by atoms with E-state index in [1.54, 1.807) is 7.11 Å². The van der Waals surface area contributed by atoms with Crippen molar-refractivity contribution in [1.29, 1.82) is 0 Å². The van der Waals surface area contributed by atoms with Crippen LogP contribution in [0.1, 0.15) is 5.56 Å². The summed E-state index contributed by atoms with van der Waals surface area (Å²) in [6.07, 6.45) is 0.835. The molecule has 1 heterocycles. The van der Waals surface area contributed by atoms with Gasteiger partial charge in [-0.25, -0.2) is 0 Å². The van der Waals surface area contributed by atoms with Crippen LogP contribution in [0, 0.1) is 4.77 Å². The summed E-state index contributed by atoms with van der Waals surface area (Å²) in [7, 11) is 1.71. The number of ether oxygens (including phenoxy) is 1. The second-order valence-corrected chi connectivity index (χ2v) is 5.56. The number of nitrogens with one attached hydrogen (secondary N) is 1. The number of benzene rings is 2. The standard InChI is InChI=1S/C16H15ClN2OS/c1-20-10-9-11-5-2-3-7-13(11)19-14-8-4-6-12(17)15(14)18-16(19)21/h2-8H,9-10H2,1H3,(H,18,21). The number of aromatic nitrogens is 2. The molecular formula is C16H15ClN2OS. The van der Waals surface area contributed by atoms with Gasteiger partial charge in [-0.3, -0.25) is 4.57 Å². The van der Waals surface area contributed by atoms with Crippen LogP contribution in [-0.4, -0.2) is 23.3 Å². The van der Waals surface area contributed by atoms with Gasteiger partial charge in [0, 0.05) is 7.11 Å². The molecule has 0 atom stereocenters. The predicted molar refractivity (Wildman–Crippen MR) is 89.0 cm³/mol. The van der Waals surface area contributed by atoms with Gasteiger partial charge < -0.3 is 9.72 Å². The summed E-state index contributed by atoms with van der Waals surface area (Å²) in [5.74, 6) is 0. The maximum Gasteiger partial charge on any atom is 0.182 e. The van der Waals surface area contributed by atoms with Gasteiger partial charge in [0.05, 0.1) is 28.4 Å². The average Bonchev–Trinajstić information content (AvgIpc) is 2.83. The smallest absolute Gasteiger partial charge is 0.182 e. The third kappa shape index (κ3) is 2.62. The fourth-order valence-electron chi connectivity index (χ4n) is 2.49. The molecule has 5 heteroatoms. The molecular weight excluding hydrogens is 304 g/mol. The number of nitrogens with zero attached hydrogens (tertiary/aromatic N) is 1. The highest BCUT2D eigenvalue weighted by atomic mass is 35.5. The molecule has 108 valence electrons. The van der Waals surface area contributed by atoms with Crippen LogP contribution in [-0.2, 0) is 11.2 Å². The van der Waals surface area contributed by atoms with Gasteiger partial charge in [-0.15, -0.1) is 0 Å². The van der Waals surface area contributed by atoms with Crippen molar-refractivity contribution in [2.24, 2.45) is 0 Å². The Bertz CT molecular complexity index is 838. The molecule has 0 saturated carbocycles. The van der Waals surface area contributed by atoms with Crippen molar-refractivity contribution < 1.29 is 4.74 Å². The number of hydrogen-bond donors (Lipinski definition) is 1. The first-order chi connectivity index (χ1) is 10.2. The molecule has 0 aliphatic carbocycles. The lowest BCUT2D eigenvalue weighted by atomic mass is 10.1. The Morgan fingerprint density at radius 3 is 2.81 bits per heavy atom. The zero-order chi connectivity index (χ0) is 14.8. The van der Waals surface area contributed by atoms with Gasteiger partial charge in [0.15, 0.2) is 4.77 Å². The Balaban J connectivity index is 2.24. The Hall–Kier alpha value is -1.62. The third-order valence-electron chi connectivity index (χ3n) is 3.48. The Morgan fingerprint density at radius 1 is 1.19 bits per heavy atom. The summed E-state index contributed by atoms with van der Waals surface area (Å²) in [5, 5.41) is 0.673.